The molecular weight excluding hydrogens is 388 g/mol. The minimum absolute atomic E-state index is 0.0979. The van der Waals surface area contributed by atoms with Gasteiger partial charge in [0.15, 0.2) is 0 Å². The Hall–Kier alpha value is -2.87. The fraction of sp³-hybridized carbons (Fsp3) is 0.333. The molecule has 1 fully saturated rings. The number of aliphatic imine (C=N–C) groups is 1. The molecule has 2 aliphatic heterocycles. The first kappa shape index (κ1) is 18.2. The van der Waals surface area contributed by atoms with Gasteiger partial charge in [0.05, 0.1) is 17.5 Å². The Morgan fingerprint density at radius 1 is 1.10 bits per heavy atom. The van der Waals surface area contributed by atoms with Crippen molar-refractivity contribution in [2.75, 3.05) is 18.0 Å². The molecule has 1 atom stereocenters. The predicted octanol–water partition coefficient (Wildman–Crippen LogP) is 2.70. The molecule has 1 N–H and O–H groups in total. The zero-order valence-corrected chi connectivity index (χ0v) is 16.7. The molecule has 29 heavy (non-hydrogen) atoms. The largest absolute Gasteiger partial charge is 0.335 e. The van der Waals surface area contributed by atoms with E-state index in [9.17, 15) is 13.2 Å². The minimum Gasteiger partial charge on any atom is -0.335 e. The van der Waals surface area contributed by atoms with Crippen molar-refractivity contribution >= 4 is 28.1 Å². The van der Waals surface area contributed by atoms with Gasteiger partial charge in [-0.2, -0.15) is 0 Å². The highest BCUT2D eigenvalue weighted by atomic mass is 32.2. The van der Waals surface area contributed by atoms with Crippen LogP contribution in [0.15, 0.2) is 58.4 Å². The third kappa shape index (κ3) is 3.37. The van der Waals surface area contributed by atoms with Crippen molar-refractivity contribution in [1.29, 1.82) is 0 Å². The number of fused-ring (bicyclic) bond motifs is 1. The maximum atomic E-state index is 13.1. The normalized spacial score (nSPS) is 20.8. The van der Waals surface area contributed by atoms with Gasteiger partial charge in [-0.3, -0.25) is 14.2 Å². The molecule has 0 radical (unpaired) electrons. The van der Waals surface area contributed by atoms with E-state index in [1.807, 2.05) is 30.3 Å². The molecule has 0 unspecified atom stereocenters. The number of sulfonamides is 1. The lowest BCUT2D eigenvalue weighted by atomic mass is 10.1. The minimum atomic E-state index is -3.68. The molecule has 0 aromatic heterocycles. The van der Waals surface area contributed by atoms with Gasteiger partial charge in [-0.1, -0.05) is 30.3 Å². The number of carbonyl (C=O) groups excluding carboxylic acids is 1. The average Bonchev–Trinajstić information content (AvgIpc) is 3.24. The van der Waals surface area contributed by atoms with Crippen LogP contribution in [-0.4, -0.2) is 44.2 Å². The monoisotopic (exact) mass is 410 g/mol. The summed E-state index contributed by atoms with van der Waals surface area (Å²) in [7, 11) is -3.68. The molecule has 1 saturated carbocycles. The number of nitrogens with one attached hydrogen (secondary N) is 1. The first-order chi connectivity index (χ1) is 14.0. The summed E-state index contributed by atoms with van der Waals surface area (Å²) in [6, 6.07) is 14.7. The van der Waals surface area contributed by atoms with Gasteiger partial charge in [0.25, 0.3) is 10.0 Å². The van der Waals surface area contributed by atoms with Crippen molar-refractivity contribution in [3.63, 3.8) is 0 Å². The Kier molecular flexibility index (Phi) is 4.31. The van der Waals surface area contributed by atoms with E-state index in [-0.39, 0.29) is 17.0 Å². The number of hydrogen-bond donors (Lipinski definition) is 1. The van der Waals surface area contributed by atoms with Gasteiger partial charge < -0.3 is 5.32 Å². The van der Waals surface area contributed by atoms with Gasteiger partial charge in [-0.25, -0.2) is 13.2 Å². The van der Waals surface area contributed by atoms with Crippen molar-refractivity contribution in [2.24, 2.45) is 4.99 Å². The summed E-state index contributed by atoms with van der Waals surface area (Å²) in [5.41, 5.74) is 2.67. The van der Waals surface area contributed by atoms with Gasteiger partial charge in [0, 0.05) is 18.3 Å². The van der Waals surface area contributed by atoms with E-state index in [2.05, 4.69) is 10.3 Å². The van der Waals surface area contributed by atoms with Crippen molar-refractivity contribution in [3.05, 3.63) is 59.7 Å². The summed E-state index contributed by atoms with van der Waals surface area (Å²) in [5.74, 6) is 0. The molecule has 0 bridgehead atoms. The zero-order chi connectivity index (χ0) is 20.0. The second kappa shape index (κ2) is 6.88. The first-order valence-corrected chi connectivity index (χ1v) is 11.3. The van der Waals surface area contributed by atoms with Gasteiger partial charge >= 0.3 is 6.03 Å². The Labute approximate surface area is 170 Å². The molecule has 1 aliphatic carbocycles. The topological polar surface area (TPSA) is 82.1 Å². The lowest BCUT2D eigenvalue weighted by molar-refractivity contribution is 0.246. The van der Waals surface area contributed by atoms with Crippen LogP contribution >= 0.6 is 0 Å². The third-order valence-corrected chi connectivity index (χ3v) is 7.33. The van der Waals surface area contributed by atoms with Crippen LogP contribution in [0.2, 0.25) is 0 Å². The van der Waals surface area contributed by atoms with E-state index >= 15 is 0 Å². The van der Waals surface area contributed by atoms with E-state index in [0.29, 0.717) is 25.6 Å². The van der Waals surface area contributed by atoms with E-state index < -0.39 is 10.0 Å². The lowest BCUT2D eigenvalue weighted by Gasteiger charge is -2.19. The highest BCUT2D eigenvalue weighted by Gasteiger charge is 2.33. The average molecular weight is 410 g/mol. The number of carbonyl (C=O) groups is 1. The van der Waals surface area contributed by atoms with Crippen molar-refractivity contribution < 1.29 is 13.2 Å². The van der Waals surface area contributed by atoms with Gasteiger partial charge in [-0.15, -0.1) is 0 Å². The van der Waals surface area contributed by atoms with Crippen molar-refractivity contribution in [2.45, 2.75) is 36.2 Å². The number of anilines is 1. The fourth-order valence-electron chi connectivity index (χ4n) is 3.81. The van der Waals surface area contributed by atoms with Crippen LogP contribution in [0.3, 0.4) is 0 Å². The molecule has 3 aliphatic rings. The molecule has 2 heterocycles. The second-order valence-electron chi connectivity index (χ2n) is 7.68. The Morgan fingerprint density at radius 3 is 2.66 bits per heavy atom. The van der Waals surface area contributed by atoms with E-state index in [1.165, 1.54) is 10.6 Å². The lowest BCUT2D eigenvalue weighted by Crippen LogP contribution is -2.40. The zero-order valence-electron chi connectivity index (χ0n) is 15.9. The number of rotatable bonds is 4. The molecule has 2 aromatic carbocycles. The Morgan fingerprint density at radius 2 is 1.90 bits per heavy atom. The fourth-order valence-corrected chi connectivity index (χ4v) is 5.13. The van der Waals surface area contributed by atoms with E-state index in [4.69, 9.17) is 0 Å². The molecule has 2 amide bonds. The molecular formula is C21H22N4O3S. The van der Waals surface area contributed by atoms with Gasteiger partial charge in [0.2, 0.25) is 0 Å². The molecule has 5 rings (SSSR count). The summed E-state index contributed by atoms with van der Waals surface area (Å²) in [6.07, 6.45) is 4.13. The molecule has 0 spiro atoms. The highest BCUT2D eigenvalue weighted by molar-refractivity contribution is 7.89. The van der Waals surface area contributed by atoms with Crippen molar-refractivity contribution in [1.82, 2.24) is 9.62 Å². The van der Waals surface area contributed by atoms with Crippen LogP contribution in [0, 0.1) is 0 Å². The predicted molar refractivity (Wildman–Crippen MR) is 111 cm³/mol. The molecule has 7 nitrogen and oxygen atoms in total. The third-order valence-electron chi connectivity index (χ3n) is 5.62. The second-order valence-corrected chi connectivity index (χ2v) is 9.57. The molecule has 150 valence electrons. The van der Waals surface area contributed by atoms with Gasteiger partial charge in [0.1, 0.15) is 6.34 Å². The van der Waals surface area contributed by atoms with E-state index in [1.54, 1.807) is 23.1 Å². The maximum Gasteiger partial charge on any atom is 0.322 e. The number of hydrogen-bond acceptors (Lipinski definition) is 4. The van der Waals surface area contributed by atoms with Crippen molar-refractivity contribution in [3.8, 4) is 0 Å². The summed E-state index contributed by atoms with van der Waals surface area (Å²) in [4.78, 5) is 18.7. The van der Waals surface area contributed by atoms with Crippen LogP contribution in [-0.2, 0) is 16.4 Å². The number of nitrogens with zero attached hydrogens (tertiary/aromatic N) is 3. The number of urea groups is 1. The molecule has 0 saturated heterocycles. The molecule has 8 heteroatoms. The maximum absolute atomic E-state index is 13.1. The standard InChI is InChI=1S/C21H22N4O3S/c26-21(23-17-6-7-17)25-11-10-16-12-18(8-9-20(16)25)29(27,28)24-13-19(22-14-24)15-4-2-1-3-5-15/h1-5,8-9,12,14,17,19H,6-7,10-11,13H2,(H,23,26)/t19-/m1/s1. The van der Waals surface area contributed by atoms with Crippen LogP contribution in [0.1, 0.15) is 30.0 Å². The van der Waals surface area contributed by atoms with Crippen LogP contribution in [0.4, 0.5) is 10.5 Å². The first-order valence-electron chi connectivity index (χ1n) is 9.83. The summed E-state index contributed by atoms with van der Waals surface area (Å²) >= 11 is 0. The van der Waals surface area contributed by atoms with Crippen LogP contribution in [0.25, 0.3) is 0 Å². The Balaban J connectivity index is 1.35. The SMILES string of the molecule is O=C(NC1CC1)N1CCc2cc(S(=O)(=O)N3C=N[C@@H](c4ccccc4)C3)ccc21. The molecule has 2 aromatic rings. The smallest absolute Gasteiger partial charge is 0.322 e. The Bertz CT molecular complexity index is 1080. The highest BCUT2D eigenvalue weighted by Crippen LogP contribution is 2.33. The summed E-state index contributed by atoms with van der Waals surface area (Å²) < 4.78 is 27.5. The summed E-state index contributed by atoms with van der Waals surface area (Å²) in [6.45, 7) is 0.859. The van der Waals surface area contributed by atoms with Crippen LogP contribution in [0.5, 0.6) is 0 Å². The quantitative estimate of drug-likeness (QED) is 0.841. The number of amides is 2. The summed E-state index contributed by atoms with van der Waals surface area (Å²) in [5, 5.41) is 2.99. The van der Waals surface area contributed by atoms with E-state index in [0.717, 1.165) is 29.7 Å². The van der Waals surface area contributed by atoms with Gasteiger partial charge in [-0.05, 0) is 48.6 Å². The van der Waals surface area contributed by atoms with Crippen LogP contribution < -0.4 is 10.2 Å². The number of benzene rings is 2.